The van der Waals surface area contributed by atoms with Crippen LogP contribution in [0, 0.1) is 0 Å². The van der Waals surface area contributed by atoms with Gasteiger partial charge < -0.3 is 20.5 Å². The first-order valence-electron chi connectivity index (χ1n) is 6.09. The number of benzene rings is 1. The zero-order chi connectivity index (χ0) is 13.0. The van der Waals surface area contributed by atoms with Crippen LogP contribution in [-0.2, 0) is 11.3 Å². The van der Waals surface area contributed by atoms with Crippen molar-refractivity contribution in [2.24, 2.45) is 0 Å². The van der Waals surface area contributed by atoms with Crippen molar-refractivity contribution < 1.29 is 14.6 Å². The second-order valence-corrected chi connectivity index (χ2v) is 4.48. The average molecular weight is 250 g/mol. The average Bonchev–Trinajstić information content (AvgIpc) is 2.34. The Balaban J connectivity index is 1.90. The van der Waals surface area contributed by atoms with E-state index in [9.17, 15) is 4.79 Å². The number of nitrogens with one attached hydrogen (secondary N) is 2. The largest absolute Gasteiger partial charge is 0.482 e. The van der Waals surface area contributed by atoms with Crippen LogP contribution in [0.4, 0.5) is 5.69 Å². The van der Waals surface area contributed by atoms with Crippen LogP contribution in [0.1, 0.15) is 18.9 Å². The highest BCUT2D eigenvalue weighted by Crippen LogP contribution is 2.28. The molecule has 3 N–H and O–H groups in total. The molecule has 1 aliphatic heterocycles. The lowest BCUT2D eigenvalue weighted by Crippen LogP contribution is -2.25. The van der Waals surface area contributed by atoms with E-state index in [0.29, 0.717) is 12.3 Å². The molecule has 0 aliphatic carbocycles. The predicted octanol–water partition coefficient (Wildman–Crippen LogP) is 0.878. The van der Waals surface area contributed by atoms with Gasteiger partial charge >= 0.3 is 0 Å². The summed E-state index contributed by atoms with van der Waals surface area (Å²) in [4.78, 5) is 11.2. The highest BCUT2D eigenvalue weighted by atomic mass is 16.5. The van der Waals surface area contributed by atoms with E-state index >= 15 is 0 Å². The van der Waals surface area contributed by atoms with Crippen molar-refractivity contribution in [3.63, 3.8) is 0 Å². The number of amides is 1. The molecule has 0 radical (unpaired) electrons. The van der Waals surface area contributed by atoms with E-state index in [4.69, 9.17) is 9.84 Å². The number of anilines is 1. The number of fused-ring (bicyclic) bond motifs is 1. The topological polar surface area (TPSA) is 70.6 Å². The Labute approximate surface area is 106 Å². The van der Waals surface area contributed by atoms with Crippen molar-refractivity contribution in [1.29, 1.82) is 0 Å². The molecule has 18 heavy (non-hydrogen) atoms. The lowest BCUT2D eigenvalue weighted by molar-refractivity contribution is -0.118. The molecule has 1 atom stereocenters. The fourth-order valence-corrected chi connectivity index (χ4v) is 1.78. The zero-order valence-corrected chi connectivity index (χ0v) is 10.4. The van der Waals surface area contributed by atoms with E-state index in [1.165, 1.54) is 0 Å². The van der Waals surface area contributed by atoms with Crippen molar-refractivity contribution in [1.82, 2.24) is 5.32 Å². The van der Waals surface area contributed by atoms with Crippen LogP contribution >= 0.6 is 0 Å². The van der Waals surface area contributed by atoms with E-state index in [0.717, 1.165) is 24.2 Å². The molecule has 0 spiro atoms. The maximum atomic E-state index is 11.2. The summed E-state index contributed by atoms with van der Waals surface area (Å²) < 4.78 is 5.28. The molecule has 1 heterocycles. The second kappa shape index (κ2) is 5.84. The van der Waals surface area contributed by atoms with E-state index in [1.54, 1.807) is 6.92 Å². The van der Waals surface area contributed by atoms with E-state index < -0.39 is 0 Å². The van der Waals surface area contributed by atoms with Gasteiger partial charge in [-0.2, -0.15) is 0 Å². The lowest BCUT2D eigenvalue weighted by atomic mass is 10.1. The van der Waals surface area contributed by atoms with Gasteiger partial charge in [-0.25, -0.2) is 0 Å². The summed E-state index contributed by atoms with van der Waals surface area (Å²) in [6.07, 6.45) is 0.443. The molecule has 0 bridgehead atoms. The first-order chi connectivity index (χ1) is 8.65. The molecule has 98 valence electrons. The summed E-state index contributed by atoms with van der Waals surface area (Å²) in [5, 5.41) is 15.1. The van der Waals surface area contributed by atoms with Gasteiger partial charge in [0.2, 0.25) is 0 Å². The molecule has 1 aliphatic rings. The standard InChI is InChI=1S/C13H18N2O3/c1-9(16)4-5-14-7-10-2-3-12-11(6-10)15-13(17)8-18-12/h2-3,6,9,14,16H,4-5,7-8H2,1H3,(H,15,17). The predicted molar refractivity (Wildman–Crippen MR) is 68.6 cm³/mol. The molecule has 1 aromatic rings. The van der Waals surface area contributed by atoms with Crippen molar-refractivity contribution in [3.8, 4) is 5.75 Å². The van der Waals surface area contributed by atoms with Crippen LogP contribution in [0.5, 0.6) is 5.75 Å². The molecule has 1 amide bonds. The molecular formula is C13H18N2O3. The summed E-state index contributed by atoms with van der Waals surface area (Å²) in [5.74, 6) is 0.587. The smallest absolute Gasteiger partial charge is 0.262 e. The van der Waals surface area contributed by atoms with Gasteiger partial charge in [0, 0.05) is 6.54 Å². The maximum absolute atomic E-state index is 11.2. The Morgan fingerprint density at radius 2 is 2.39 bits per heavy atom. The SMILES string of the molecule is CC(O)CCNCc1ccc2c(c1)NC(=O)CO2. The van der Waals surface area contributed by atoms with Crippen LogP contribution in [0.2, 0.25) is 0 Å². The summed E-state index contributed by atoms with van der Waals surface area (Å²) in [7, 11) is 0. The van der Waals surface area contributed by atoms with Gasteiger partial charge in [-0.1, -0.05) is 6.07 Å². The van der Waals surface area contributed by atoms with Gasteiger partial charge in [-0.05, 0) is 37.6 Å². The highest BCUT2D eigenvalue weighted by molar-refractivity contribution is 5.95. The van der Waals surface area contributed by atoms with E-state index in [2.05, 4.69) is 10.6 Å². The fraction of sp³-hybridized carbons (Fsp3) is 0.462. The van der Waals surface area contributed by atoms with Crippen LogP contribution in [0.15, 0.2) is 18.2 Å². The van der Waals surface area contributed by atoms with Crippen LogP contribution in [0.3, 0.4) is 0 Å². The number of hydrogen-bond acceptors (Lipinski definition) is 4. The van der Waals surface area contributed by atoms with Crippen LogP contribution in [-0.4, -0.2) is 30.3 Å². The molecule has 0 fully saturated rings. The monoisotopic (exact) mass is 250 g/mol. The third kappa shape index (κ3) is 3.45. The first kappa shape index (κ1) is 12.9. The van der Waals surface area contributed by atoms with Crippen molar-refractivity contribution in [2.75, 3.05) is 18.5 Å². The summed E-state index contributed by atoms with van der Waals surface area (Å²) >= 11 is 0. The van der Waals surface area contributed by atoms with Gasteiger partial charge in [0.05, 0.1) is 11.8 Å². The van der Waals surface area contributed by atoms with Gasteiger partial charge in [0.15, 0.2) is 6.61 Å². The highest BCUT2D eigenvalue weighted by Gasteiger charge is 2.15. The molecule has 1 aromatic carbocycles. The normalized spacial score (nSPS) is 15.6. The number of aliphatic hydroxyl groups excluding tert-OH is 1. The lowest BCUT2D eigenvalue weighted by Gasteiger charge is -2.18. The van der Waals surface area contributed by atoms with Crippen molar-refractivity contribution in [2.45, 2.75) is 26.0 Å². The summed E-state index contributed by atoms with van der Waals surface area (Å²) in [6, 6.07) is 5.73. The Bertz CT molecular complexity index is 432. The van der Waals surface area contributed by atoms with Crippen molar-refractivity contribution >= 4 is 11.6 Å². The van der Waals surface area contributed by atoms with Gasteiger partial charge in [-0.3, -0.25) is 4.79 Å². The molecule has 1 unspecified atom stereocenters. The molecule has 0 saturated heterocycles. The van der Waals surface area contributed by atoms with Crippen LogP contribution < -0.4 is 15.4 Å². The maximum Gasteiger partial charge on any atom is 0.262 e. The number of ether oxygens (including phenoxy) is 1. The Morgan fingerprint density at radius 1 is 1.56 bits per heavy atom. The summed E-state index contributed by atoms with van der Waals surface area (Å²) in [5.41, 5.74) is 1.80. The minimum Gasteiger partial charge on any atom is -0.482 e. The molecular weight excluding hydrogens is 232 g/mol. The number of rotatable bonds is 5. The minimum atomic E-state index is -0.284. The fourth-order valence-electron chi connectivity index (χ4n) is 1.78. The van der Waals surface area contributed by atoms with Crippen LogP contribution in [0.25, 0.3) is 0 Å². The quantitative estimate of drug-likeness (QED) is 0.678. The third-order valence-corrected chi connectivity index (χ3v) is 2.74. The second-order valence-electron chi connectivity index (χ2n) is 4.48. The van der Waals surface area contributed by atoms with Gasteiger partial charge in [0.25, 0.3) is 5.91 Å². The van der Waals surface area contributed by atoms with E-state index in [-0.39, 0.29) is 18.6 Å². The molecule has 5 heteroatoms. The summed E-state index contributed by atoms with van der Waals surface area (Å²) in [6.45, 7) is 3.32. The van der Waals surface area contributed by atoms with E-state index in [1.807, 2.05) is 18.2 Å². The number of aliphatic hydroxyl groups is 1. The number of hydrogen-bond donors (Lipinski definition) is 3. The molecule has 5 nitrogen and oxygen atoms in total. The van der Waals surface area contributed by atoms with Gasteiger partial charge in [0.1, 0.15) is 5.75 Å². The first-order valence-corrected chi connectivity index (χ1v) is 6.09. The Morgan fingerprint density at radius 3 is 3.17 bits per heavy atom. The molecule has 2 rings (SSSR count). The zero-order valence-electron chi connectivity index (χ0n) is 10.4. The number of carbonyl (C=O) groups is 1. The minimum absolute atomic E-state index is 0.0823. The van der Waals surface area contributed by atoms with Gasteiger partial charge in [-0.15, -0.1) is 0 Å². The number of carbonyl (C=O) groups excluding carboxylic acids is 1. The van der Waals surface area contributed by atoms with Crippen molar-refractivity contribution in [3.05, 3.63) is 23.8 Å². The molecule has 0 aromatic heterocycles. The molecule has 0 saturated carbocycles. The Kier molecular flexibility index (Phi) is 4.17. The Hall–Kier alpha value is -1.59. The third-order valence-electron chi connectivity index (χ3n) is 2.74.